The van der Waals surface area contributed by atoms with E-state index in [4.69, 9.17) is 40.2 Å². The van der Waals surface area contributed by atoms with Gasteiger partial charge in [0.05, 0.1) is 33.8 Å². The number of H-pyrrole nitrogens is 1. The first-order chi connectivity index (χ1) is 12.4. The van der Waals surface area contributed by atoms with Crippen LogP contribution in [-0.4, -0.2) is 27.6 Å². The van der Waals surface area contributed by atoms with Crippen LogP contribution in [0, 0.1) is 4.77 Å². The summed E-state index contributed by atoms with van der Waals surface area (Å²) in [6.07, 6.45) is 0. The minimum Gasteiger partial charge on any atom is -0.465 e. The highest BCUT2D eigenvalue weighted by molar-refractivity contribution is 7.71. The number of pyridine rings is 1. The van der Waals surface area contributed by atoms with Gasteiger partial charge >= 0.3 is 5.97 Å². The van der Waals surface area contributed by atoms with Gasteiger partial charge in [-0.1, -0.05) is 29.3 Å². The average Bonchev–Trinajstić information content (AvgIpc) is 2.62. The Bertz CT molecular complexity index is 1150. The Morgan fingerprint density at radius 3 is 2.65 bits per heavy atom. The molecule has 0 bridgehead atoms. The van der Waals surface area contributed by atoms with E-state index < -0.39 is 11.5 Å². The Hall–Kier alpha value is -2.22. The van der Waals surface area contributed by atoms with Crippen LogP contribution in [-0.2, 0) is 11.3 Å². The molecule has 0 fully saturated rings. The Morgan fingerprint density at radius 1 is 1.31 bits per heavy atom. The first-order valence-electron chi connectivity index (χ1n) is 7.59. The molecule has 134 valence electrons. The van der Waals surface area contributed by atoms with Gasteiger partial charge in [0.15, 0.2) is 4.77 Å². The molecule has 0 saturated heterocycles. The number of hydrogen-bond donors (Lipinski definition) is 1. The molecule has 0 aliphatic rings. The predicted octanol–water partition coefficient (Wildman–Crippen LogP) is 4.23. The maximum absolute atomic E-state index is 12.4. The standard InChI is InChI=1S/C17H13Cl2N3O3S/c1-3-22-14-13(15(23)21-17(22)26)9(16(24)25-2)7-12(20-14)8-4-5-10(18)11(19)6-8/h4-7H,3H2,1-2H3,(H,21,23,26). The quantitative estimate of drug-likeness (QED) is 0.517. The van der Waals surface area contributed by atoms with Crippen LogP contribution in [0.1, 0.15) is 17.3 Å². The first kappa shape index (κ1) is 18.6. The van der Waals surface area contributed by atoms with Crippen LogP contribution in [0.2, 0.25) is 10.0 Å². The number of nitrogens with zero attached hydrogens (tertiary/aromatic N) is 2. The monoisotopic (exact) mass is 409 g/mol. The number of aromatic amines is 1. The predicted molar refractivity (Wildman–Crippen MR) is 104 cm³/mol. The van der Waals surface area contributed by atoms with Crippen LogP contribution in [0.5, 0.6) is 0 Å². The van der Waals surface area contributed by atoms with E-state index in [1.54, 1.807) is 22.8 Å². The average molecular weight is 410 g/mol. The second-order valence-corrected chi connectivity index (χ2v) is 6.58. The van der Waals surface area contributed by atoms with E-state index >= 15 is 0 Å². The topological polar surface area (TPSA) is 77.0 Å². The number of hydrogen-bond acceptors (Lipinski definition) is 5. The molecule has 0 amide bonds. The number of carbonyl (C=O) groups excluding carboxylic acids is 1. The molecule has 0 atom stereocenters. The SMILES string of the molecule is CCn1c(=S)[nH]c(=O)c2c(C(=O)OC)cc(-c3ccc(Cl)c(Cl)c3)nc21. The van der Waals surface area contributed by atoms with Crippen molar-refractivity contribution in [2.24, 2.45) is 0 Å². The molecular formula is C17H13Cl2N3O3S. The molecule has 2 heterocycles. The van der Waals surface area contributed by atoms with Crippen molar-refractivity contribution in [3.63, 3.8) is 0 Å². The van der Waals surface area contributed by atoms with Gasteiger partial charge in [-0.25, -0.2) is 9.78 Å². The first-order valence-corrected chi connectivity index (χ1v) is 8.75. The van der Waals surface area contributed by atoms with Crippen LogP contribution in [0.3, 0.4) is 0 Å². The number of aromatic nitrogens is 3. The second kappa shape index (κ2) is 7.19. The van der Waals surface area contributed by atoms with Crippen molar-refractivity contribution in [3.8, 4) is 11.3 Å². The van der Waals surface area contributed by atoms with Crippen molar-refractivity contribution in [2.75, 3.05) is 7.11 Å². The van der Waals surface area contributed by atoms with E-state index in [2.05, 4.69) is 9.97 Å². The van der Waals surface area contributed by atoms with Crippen molar-refractivity contribution in [3.05, 3.63) is 55.0 Å². The number of aryl methyl sites for hydroxylation is 1. The van der Waals surface area contributed by atoms with Crippen LogP contribution in [0.15, 0.2) is 29.1 Å². The highest BCUT2D eigenvalue weighted by Crippen LogP contribution is 2.29. The third-order valence-electron chi connectivity index (χ3n) is 3.89. The van der Waals surface area contributed by atoms with Crippen LogP contribution in [0.4, 0.5) is 0 Å². The molecule has 3 aromatic rings. The molecule has 0 aliphatic heterocycles. The third-order valence-corrected chi connectivity index (χ3v) is 4.95. The lowest BCUT2D eigenvalue weighted by molar-refractivity contribution is 0.0603. The Labute approximate surface area is 163 Å². The second-order valence-electron chi connectivity index (χ2n) is 5.38. The zero-order valence-electron chi connectivity index (χ0n) is 13.8. The molecule has 9 heteroatoms. The molecule has 6 nitrogen and oxygen atoms in total. The molecular weight excluding hydrogens is 397 g/mol. The Kier molecular flexibility index (Phi) is 5.13. The van der Waals surface area contributed by atoms with Crippen LogP contribution in [0.25, 0.3) is 22.3 Å². The summed E-state index contributed by atoms with van der Waals surface area (Å²) in [4.78, 5) is 31.8. The maximum Gasteiger partial charge on any atom is 0.338 e. The number of nitrogens with one attached hydrogen (secondary N) is 1. The normalized spacial score (nSPS) is 10.9. The molecule has 0 saturated carbocycles. The summed E-state index contributed by atoms with van der Waals surface area (Å²) in [5, 5.41) is 0.873. The molecule has 0 radical (unpaired) electrons. The van der Waals surface area contributed by atoms with Crippen molar-refractivity contribution >= 4 is 52.4 Å². The van der Waals surface area contributed by atoms with E-state index in [-0.39, 0.29) is 15.7 Å². The molecule has 0 spiro atoms. The zero-order chi connectivity index (χ0) is 19.0. The van der Waals surface area contributed by atoms with E-state index in [9.17, 15) is 9.59 Å². The van der Waals surface area contributed by atoms with Gasteiger partial charge in [-0.05, 0) is 37.3 Å². The maximum atomic E-state index is 12.4. The lowest BCUT2D eigenvalue weighted by Crippen LogP contribution is -2.19. The molecule has 1 N–H and O–H groups in total. The van der Waals surface area contributed by atoms with Gasteiger partial charge in [-0.3, -0.25) is 9.78 Å². The minimum atomic E-state index is -0.649. The molecule has 26 heavy (non-hydrogen) atoms. The molecule has 2 aromatic heterocycles. The summed E-state index contributed by atoms with van der Waals surface area (Å²) >= 11 is 17.3. The van der Waals surface area contributed by atoms with Crippen LogP contribution >= 0.6 is 35.4 Å². The number of esters is 1. The van der Waals surface area contributed by atoms with Gasteiger partial charge in [0.1, 0.15) is 5.65 Å². The van der Waals surface area contributed by atoms with Gasteiger partial charge in [-0.2, -0.15) is 0 Å². The highest BCUT2D eigenvalue weighted by atomic mass is 35.5. The number of rotatable bonds is 3. The lowest BCUT2D eigenvalue weighted by atomic mass is 10.1. The smallest absolute Gasteiger partial charge is 0.338 e. The number of carbonyl (C=O) groups is 1. The largest absolute Gasteiger partial charge is 0.465 e. The lowest BCUT2D eigenvalue weighted by Gasteiger charge is -2.12. The van der Waals surface area contributed by atoms with Gasteiger partial charge < -0.3 is 9.30 Å². The molecule has 0 unspecified atom stereocenters. The zero-order valence-corrected chi connectivity index (χ0v) is 16.1. The number of halogens is 2. The van der Waals surface area contributed by atoms with Crippen molar-refractivity contribution in [1.82, 2.24) is 14.5 Å². The summed E-state index contributed by atoms with van der Waals surface area (Å²) in [5.41, 5.74) is 0.976. The van der Waals surface area contributed by atoms with Crippen LogP contribution < -0.4 is 5.56 Å². The number of ether oxygens (including phenoxy) is 1. The summed E-state index contributed by atoms with van der Waals surface area (Å²) < 4.78 is 6.70. The minimum absolute atomic E-state index is 0.0945. The number of benzene rings is 1. The van der Waals surface area contributed by atoms with Gasteiger partial charge in [0.2, 0.25) is 0 Å². The van der Waals surface area contributed by atoms with E-state index in [1.807, 2.05) is 6.92 Å². The van der Waals surface area contributed by atoms with Gasteiger partial charge in [0, 0.05) is 12.1 Å². The third kappa shape index (κ3) is 3.13. The summed E-state index contributed by atoms with van der Waals surface area (Å²) in [6.45, 7) is 2.32. The van der Waals surface area contributed by atoms with Gasteiger partial charge in [0.25, 0.3) is 5.56 Å². The Morgan fingerprint density at radius 2 is 2.04 bits per heavy atom. The highest BCUT2D eigenvalue weighted by Gasteiger charge is 2.19. The Balaban J connectivity index is 2.46. The summed E-state index contributed by atoms with van der Waals surface area (Å²) in [5.74, 6) is -0.649. The fourth-order valence-electron chi connectivity index (χ4n) is 2.64. The number of methoxy groups -OCH3 is 1. The fraction of sp³-hybridized carbons (Fsp3) is 0.176. The fourth-order valence-corrected chi connectivity index (χ4v) is 3.25. The van der Waals surface area contributed by atoms with Gasteiger partial charge in [-0.15, -0.1) is 0 Å². The number of fused-ring (bicyclic) bond motifs is 1. The van der Waals surface area contributed by atoms with Crippen molar-refractivity contribution in [1.29, 1.82) is 0 Å². The van der Waals surface area contributed by atoms with E-state index in [0.717, 1.165) is 0 Å². The molecule has 0 aliphatic carbocycles. The van der Waals surface area contributed by atoms with Crippen molar-refractivity contribution < 1.29 is 9.53 Å². The van der Waals surface area contributed by atoms with E-state index in [0.29, 0.717) is 33.5 Å². The van der Waals surface area contributed by atoms with Crippen molar-refractivity contribution in [2.45, 2.75) is 13.5 Å². The molecule has 3 rings (SSSR count). The van der Waals surface area contributed by atoms with E-state index in [1.165, 1.54) is 13.2 Å². The summed E-state index contributed by atoms with van der Waals surface area (Å²) in [6, 6.07) is 6.48. The molecule has 1 aromatic carbocycles. The summed E-state index contributed by atoms with van der Waals surface area (Å²) in [7, 11) is 1.25.